The van der Waals surface area contributed by atoms with Crippen molar-refractivity contribution < 1.29 is 12.8 Å². The van der Waals surface area contributed by atoms with Gasteiger partial charge in [-0.1, -0.05) is 12.1 Å². The molecule has 1 aliphatic rings. The van der Waals surface area contributed by atoms with E-state index in [1.54, 1.807) is 37.5 Å². The zero-order valence-corrected chi connectivity index (χ0v) is 13.2. The van der Waals surface area contributed by atoms with Crippen molar-refractivity contribution in [2.24, 2.45) is 5.73 Å². The number of aromatic nitrogens is 1. The van der Waals surface area contributed by atoms with E-state index in [-0.39, 0.29) is 10.9 Å². The molecule has 22 heavy (non-hydrogen) atoms. The van der Waals surface area contributed by atoms with Crippen LogP contribution in [0.15, 0.2) is 39.8 Å². The third-order valence-electron chi connectivity index (χ3n) is 3.97. The normalized spacial score (nSPS) is 19.6. The van der Waals surface area contributed by atoms with Gasteiger partial charge in [0.25, 0.3) is 0 Å². The predicted molar refractivity (Wildman–Crippen MR) is 82.6 cm³/mol. The topological polar surface area (TPSA) is 89.4 Å². The van der Waals surface area contributed by atoms with E-state index in [4.69, 9.17) is 10.2 Å². The van der Waals surface area contributed by atoms with Gasteiger partial charge in [-0.15, -0.1) is 0 Å². The molecule has 7 heteroatoms. The average Bonchev–Trinajstić information content (AvgIpc) is 3.16. The van der Waals surface area contributed by atoms with Gasteiger partial charge in [0.2, 0.25) is 10.0 Å². The molecule has 3 rings (SSSR count). The van der Waals surface area contributed by atoms with Crippen LogP contribution in [0.1, 0.15) is 18.7 Å². The number of benzene rings is 1. The van der Waals surface area contributed by atoms with Gasteiger partial charge in [-0.05, 0) is 25.0 Å². The lowest BCUT2D eigenvalue weighted by atomic mass is 10.2. The summed E-state index contributed by atoms with van der Waals surface area (Å²) in [6.07, 6.45) is 3.24. The molecule has 2 N–H and O–H groups in total. The molecule has 2 aromatic rings. The highest BCUT2D eigenvalue weighted by Crippen LogP contribution is 2.27. The van der Waals surface area contributed by atoms with Crippen LogP contribution < -0.4 is 5.73 Å². The van der Waals surface area contributed by atoms with Crippen LogP contribution >= 0.6 is 0 Å². The first kappa shape index (κ1) is 15.2. The molecule has 1 aromatic heterocycles. The van der Waals surface area contributed by atoms with Gasteiger partial charge in [-0.2, -0.15) is 4.31 Å². The number of nitrogens with two attached hydrogens (primary N) is 1. The second-order valence-electron chi connectivity index (χ2n) is 5.42. The van der Waals surface area contributed by atoms with E-state index in [2.05, 4.69) is 4.98 Å². The maximum Gasteiger partial charge on any atom is 0.243 e. The Morgan fingerprint density at radius 1 is 1.36 bits per heavy atom. The molecule has 0 amide bonds. The first-order chi connectivity index (χ1) is 10.5. The molecule has 1 atom stereocenters. The third-order valence-corrected chi connectivity index (χ3v) is 5.94. The van der Waals surface area contributed by atoms with E-state index >= 15 is 0 Å². The molecule has 0 bridgehead atoms. The van der Waals surface area contributed by atoms with E-state index in [0.717, 1.165) is 18.4 Å². The lowest BCUT2D eigenvalue weighted by Crippen LogP contribution is -2.39. The molecule has 0 saturated carbocycles. The van der Waals surface area contributed by atoms with E-state index in [0.29, 0.717) is 24.7 Å². The van der Waals surface area contributed by atoms with Crippen molar-refractivity contribution in [1.82, 2.24) is 9.29 Å². The second kappa shape index (κ2) is 5.83. The highest BCUT2D eigenvalue weighted by atomic mass is 32.2. The number of hydrogen-bond acceptors (Lipinski definition) is 5. The lowest BCUT2D eigenvalue weighted by Gasteiger charge is -2.22. The molecule has 0 aliphatic carbocycles. The summed E-state index contributed by atoms with van der Waals surface area (Å²) < 4.78 is 32.1. The smallest absolute Gasteiger partial charge is 0.243 e. The van der Waals surface area contributed by atoms with Crippen molar-refractivity contribution in [2.45, 2.75) is 30.7 Å². The summed E-state index contributed by atoms with van der Waals surface area (Å²) in [7, 11) is -3.48. The number of sulfonamides is 1. The first-order valence-electron chi connectivity index (χ1n) is 7.27. The van der Waals surface area contributed by atoms with Gasteiger partial charge in [-0.25, -0.2) is 13.4 Å². The van der Waals surface area contributed by atoms with E-state index < -0.39 is 10.0 Å². The summed E-state index contributed by atoms with van der Waals surface area (Å²) in [4.78, 5) is 4.52. The largest absolute Gasteiger partial charge is 0.449 e. The van der Waals surface area contributed by atoms with Gasteiger partial charge in [0, 0.05) is 31.6 Å². The lowest BCUT2D eigenvalue weighted by molar-refractivity contribution is 0.393. The Bertz CT molecular complexity index is 753. The minimum absolute atomic E-state index is 0.0946. The average molecular weight is 321 g/mol. The highest BCUT2D eigenvalue weighted by molar-refractivity contribution is 7.89. The molecular formula is C15H19N3O3S. The van der Waals surface area contributed by atoms with Gasteiger partial charge in [0.05, 0.1) is 4.90 Å². The standard InChI is InChI=1S/C15H19N3O3S/c1-11-17-15(10-21-11)12-4-6-14(7-5-12)22(19,20)18-8-2-3-13(18)9-16/h4-7,10,13H,2-3,8-9,16H2,1H3. The summed E-state index contributed by atoms with van der Waals surface area (Å²) in [6.45, 7) is 2.66. The van der Waals surface area contributed by atoms with Crippen LogP contribution in [0.25, 0.3) is 11.3 Å². The fourth-order valence-electron chi connectivity index (χ4n) is 2.79. The monoisotopic (exact) mass is 321 g/mol. The number of nitrogens with zero attached hydrogens (tertiary/aromatic N) is 2. The summed E-state index contributed by atoms with van der Waals surface area (Å²) in [5.41, 5.74) is 7.20. The van der Waals surface area contributed by atoms with E-state index in [1.807, 2.05) is 0 Å². The fraction of sp³-hybridized carbons (Fsp3) is 0.400. The molecule has 1 aromatic carbocycles. The van der Waals surface area contributed by atoms with Crippen molar-refractivity contribution >= 4 is 10.0 Å². The zero-order valence-electron chi connectivity index (χ0n) is 12.4. The molecule has 0 radical (unpaired) electrons. The van der Waals surface area contributed by atoms with Gasteiger partial charge < -0.3 is 10.2 Å². The fourth-order valence-corrected chi connectivity index (χ4v) is 4.49. The van der Waals surface area contributed by atoms with Gasteiger partial charge in [-0.3, -0.25) is 0 Å². The van der Waals surface area contributed by atoms with Crippen LogP contribution in [0.5, 0.6) is 0 Å². The molecule has 6 nitrogen and oxygen atoms in total. The van der Waals surface area contributed by atoms with Crippen molar-refractivity contribution in [1.29, 1.82) is 0 Å². The summed E-state index contributed by atoms with van der Waals surface area (Å²) in [5.74, 6) is 0.578. The van der Waals surface area contributed by atoms with Gasteiger partial charge in [0.15, 0.2) is 5.89 Å². The Morgan fingerprint density at radius 2 is 2.09 bits per heavy atom. The Labute approximate surface area is 130 Å². The van der Waals surface area contributed by atoms with Crippen molar-refractivity contribution in [3.63, 3.8) is 0 Å². The molecule has 1 aliphatic heterocycles. The van der Waals surface area contributed by atoms with E-state index in [1.165, 1.54) is 4.31 Å². The molecule has 1 saturated heterocycles. The van der Waals surface area contributed by atoms with Gasteiger partial charge >= 0.3 is 0 Å². The minimum Gasteiger partial charge on any atom is -0.449 e. The Balaban J connectivity index is 1.89. The highest BCUT2D eigenvalue weighted by Gasteiger charge is 2.34. The van der Waals surface area contributed by atoms with Gasteiger partial charge in [0.1, 0.15) is 12.0 Å². The predicted octanol–water partition coefficient (Wildman–Crippen LogP) is 1.76. The molecule has 1 fully saturated rings. The second-order valence-corrected chi connectivity index (χ2v) is 7.31. The van der Waals surface area contributed by atoms with Crippen molar-refractivity contribution in [3.05, 3.63) is 36.4 Å². The number of oxazole rings is 1. The van der Waals surface area contributed by atoms with Crippen LogP contribution in [0.3, 0.4) is 0 Å². The third kappa shape index (κ3) is 2.67. The molecule has 2 heterocycles. The summed E-state index contributed by atoms with van der Waals surface area (Å²) in [6, 6.07) is 6.62. The van der Waals surface area contributed by atoms with E-state index in [9.17, 15) is 8.42 Å². The van der Waals surface area contributed by atoms with Crippen LogP contribution in [0, 0.1) is 6.92 Å². The quantitative estimate of drug-likeness (QED) is 0.927. The summed E-state index contributed by atoms with van der Waals surface area (Å²) in [5, 5.41) is 0. The summed E-state index contributed by atoms with van der Waals surface area (Å²) >= 11 is 0. The number of rotatable bonds is 4. The van der Waals surface area contributed by atoms with Crippen molar-refractivity contribution in [3.8, 4) is 11.3 Å². The zero-order chi connectivity index (χ0) is 15.7. The molecule has 0 spiro atoms. The minimum atomic E-state index is -3.48. The van der Waals surface area contributed by atoms with Crippen molar-refractivity contribution in [2.75, 3.05) is 13.1 Å². The first-order valence-corrected chi connectivity index (χ1v) is 8.71. The Hall–Kier alpha value is -1.70. The number of aryl methyl sites for hydroxylation is 1. The maximum absolute atomic E-state index is 12.7. The SMILES string of the molecule is Cc1nc(-c2ccc(S(=O)(=O)N3CCCC3CN)cc2)co1. The van der Waals surface area contributed by atoms with Crippen LogP contribution in [0.4, 0.5) is 0 Å². The number of hydrogen-bond donors (Lipinski definition) is 1. The Kier molecular flexibility index (Phi) is 4.03. The Morgan fingerprint density at radius 3 is 2.68 bits per heavy atom. The van der Waals surface area contributed by atoms with Crippen LogP contribution in [0.2, 0.25) is 0 Å². The van der Waals surface area contributed by atoms with Crippen LogP contribution in [-0.2, 0) is 10.0 Å². The molecule has 1 unspecified atom stereocenters. The molecule has 118 valence electrons. The maximum atomic E-state index is 12.7. The molecular weight excluding hydrogens is 302 g/mol. The van der Waals surface area contributed by atoms with Crippen LogP contribution in [-0.4, -0.2) is 36.8 Å².